The predicted molar refractivity (Wildman–Crippen MR) is 110 cm³/mol. The molecule has 0 unspecified atom stereocenters. The maximum absolute atomic E-state index is 12.5. The molecule has 1 heterocycles. The Morgan fingerprint density at radius 3 is 2.00 bits per heavy atom. The van der Waals surface area contributed by atoms with E-state index in [1.807, 2.05) is 60.7 Å². The van der Waals surface area contributed by atoms with Crippen LogP contribution < -0.4 is 0 Å². The van der Waals surface area contributed by atoms with Crippen molar-refractivity contribution in [2.45, 2.75) is 52.3 Å². The molecule has 0 N–H and O–H groups in total. The molecule has 6 nitrogen and oxygen atoms in total. The molecule has 30 heavy (non-hydrogen) atoms. The van der Waals surface area contributed by atoms with Crippen molar-refractivity contribution in [1.82, 2.24) is 0 Å². The fourth-order valence-electron chi connectivity index (χ4n) is 2.96. The fourth-order valence-corrected chi connectivity index (χ4v) is 2.96. The van der Waals surface area contributed by atoms with Crippen LogP contribution in [0.3, 0.4) is 0 Å². The molecule has 0 radical (unpaired) electrons. The minimum absolute atomic E-state index is 0.0364. The summed E-state index contributed by atoms with van der Waals surface area (Å²) in [6.45, 7) is 5.81. The Hall–Kier alpha value is -2.70. The molecule has 1 fully saturated rings. The Bertz CT molecular complexity index is 828. The Morgan fingerprint density at radius 2 is 1.47 bits per heavy atom. The van der Waals surface area contributed by atoms with Crippen molar-refractivity contribution < 1.29 is 28.5 Å². The molecule has 2 aromatic carbocycles. The zero-order valence-electron chi connectivity index (χ0n) is 17.6. The van der Waals surface area contributed by atoms with Crippen molar-refractivity contribution in [3.8, 4) is 0 Å². The second-order valence-electron chi connectivity index (χ2n) is 8.30. The fraction of sp³-hybridized carbons (Fsp3) is 0.417. The summed E-state index contributed by atoms with van der Waals surface area (Å²) in [5, 5.41) is 0. The van der Waals surface area contributed by atoms with Crippen LogP contribution in [0.5, 0.6) is 0 Å². The third-order valence-electron chi connectivity index (χ3n) is 4.73. The normalized spacial score (nSPS) is 21.7. The van der Waals surface area contributed by atoms with Gasteiger partial charge in [-0.2, -0.15) is 0 Å². The SMILES string of the molecule is CC(C)(C)C(=O)O[C@H]1C(=O)OC[C@@H](OCc2ccccc2)[C@@H]1OCc1ccccc1. The van der Waals surface area contributed by atoms with E-state index in [0.29, 0.717) is 6.61 Å². The molecule has 3 rings (SSSR count). The summed E-state index contributed by atoms with van der Waals surface area (Å²) in [6, 6.07) is 19.3. The first-order valence-corrected chi connectivity index (χ1v) is 10.0. The van der Waals surface area contributed by atoms with Crippen molar-refractivity contribution in [3.63, 3.8) is 0 Å². The first kappa shape index (κ1) is 22.0. The van der Waals surface area contributed by atoms with Crippen LogP contribution in [0, 0.1) is 5.41 Å². The molecule has 0 saturated carbocycles. The van der Waals surface area contributed by atoms with Crippen LogP contribution in [0.1, 0.15) is 31.9 Å². The van der Waals surface area contributed by atoms with Crippen molar-refractivity contribution in [1.29, 1.82) is 0 Å². The lowest BCUT2D eigenvalue weighted by Crippen LogP contribution is -2.55. The van der Waals surface area contributed by atoms with E-state index in [1.54, 1.807) is 20.8 Å². The topological polar surface area (TPSA) is 71.1 Å². The van der Waals surface area contributed by atoms with E-state index in [-0.39, 0.29) is 13.2 Å². The van der Waals surface area contributed by atoms with Crippen molar-refractivity contribution >= 4 is 11.9 Å². The van der Waals surface area contributed by atoms with Gasteiger partial charge in [0.05, 0.1) is 18.6 Å². The maximum atomic E-state index is 12.5. The van der Waals surface area contributed by atoms with E-state index >= 15 is 0 Å². The minimum atomic E-state index is -1.19. The highest BCUT2D eigenvalue weighted by atomic mass is 16.6. The summed E-state index contributed by atoms with van der Waals surface area (Å²) < 4.78 is 22.9. The Labute approximate surface area is 177 Å². The lowest BCUT2D eigenvalue weighted by molar-refractivity contribution is -0.217. The van der Waals surface area contributed by atoms with Crippen molar-refractivity contribution in [2.24, 2.45) is 5.41 Å². The zero-order chi connectivity index (χ0) is 21.6. The second kappa shape index (κ2) is 9.87. The summed E-state index contributed by atoms with van der Waals surface area (Å²) in [4.78, 5) is 24.9. The van der Waals surface area contributed by atoms with Gasteiger partial charge in [0.15, 0.2) is 0 Å². The summed E-state index contributed by atoms with van der Waals surface area (Å²) in [6.07, 6.45) is -2.53. The van der Waals surface area contributed by atoms with Crippen LogP contribution in [-0.2, 0) is 41.8 Å². The van der Waals surface area contributed by atoms with Gasteiger partial charge in [-0.05, 0) is 31.9 Å². The summed E-state index contributed by atoms with van der Waals surface area (Å²) in [7, 11) is 0. The van der Waals surface area contributed by atoms with E-state index in [9.17, 15) is 9.59 Å². The van der Waals surface area contributed by atoms with Gasteiger partial charge < -0.3 is 18.9 Å². The number of hydrogen-bond donors (Lipinski definition) is 0. The molecule has 2 aromatic rings. The molecule has 6 heteroatoms. The van der Waals surface area contributed by atoms with Gasteiger partial charge >= 0.3 is 11.9 Å². The predicted octanol–water partition coefficient (Wildman–Crippen LogP) is 3.67. The van der Waals surface area contributed by atoms with E-state index < -0.39 is 35.7 Å². The quantitative estimate of drug-likeness (QED) is 0.646. The van der Waals surface area contributed by atoms with Gasteiger partial charge in [-0.15, -0.1) is 0 Å². The van der Waals surface area contributed by atoms with Gasteiger partial charge in [-0.25, -0.2) is 4.79 Å². The largest absolute Gasteiger partial charge is 0.460 e. The average molecular weight is 412 g/mol. The lowest BCUT2D eigenvalue weighted by Gasteiger charge is -2.36. The molecule has 0 aromatic heterocycles. The summed E-state index contributed by atoms with van der Waals surface area (Å²) >= 11 is 0. The average Bonchev–Trinajstić information content (AvgIpc) is 2.74. The number of cyclic esters (lactones) is 1. The van der Waals surface area contributed by atoms with Crippen LogP contribution in [0.4, 0.5) is 0 Å². The van der Waals surface area contributed by atoms with Crippen LogP contribution in [-0.4, -0.2) is 36.9 Å². The van der Waals surface area contributed by atoms with Gasteiger partial charge in [0.2, 0.25) is 6.10 Å². The van der Waals surface area contributed by atoms with E-state index in [1.165, 1.54) is 0 Å². The first-order valence-electron chi connectivity index (χ1n) is 10.0. The number of ether oxygens (including phenoxy) is 4. The Kier molecular flexibility index (Phi) is 7.24. The standard InChI is InChI=1S/C24H28O6/c1-24(2,3)23(26)30-21-20(28-15-18-12-8-5-9-13-18)19(16-29-22(21)25)27-14-17-10-6-4-7-11-17/h4-13,19-21H,14-16H2,1-3H3/t19-,20+,21-/m1/s1. The van der Waals surface area contributed by atoms with Crippen LogP contribution in [0.2, 0.25) is 0 Å². The highest BCUT2D eigenvalue weighted by molar-refractivity contribution is 5.82. The molecule has 0 bridgehead atoms. The molecule has 1 aliphatic heterocycles. The first-order chi connectivity index (χ1) is 14.3. The third kappa shape index (κ3) is 5.90. The number of hydrogen-bond acceptors (Lipinski definition) is 6. The van der Waals surface area contributed by atoms with Crippen molar-refractivity contribution in [3.05, 3.63) is 71.8 Å². The second-order valence-corrected chi connectivity index (χ2v) is 8.30. The number of carbonyl (C=O) groups excluding carboxylic acids is 2. The molecule has 160 valence electrons. The minimum Gasteiger partial charge on any atom is -0.460 e. The summed E-state index contributed by atoms with van der Waals surface area (Å²) in [5.74, 6) is -1.12. The zero-order valence-corrected chi connectivity index (χ0v) is 17.6. The van der Waals surface area contributed by atoms with E-state index in [0.717, 1.165) is 11.1 Å². The van der Waals surface area contributed by atoms with Gasteiger partial charge in [0.25, 0.3) is 0 Å². The molecular formula is C24H28O6. The number of esters is 2. The van der Waals surface area contributed by atoms with Crippen LogP contribution >= 0.6 is 0 Å². The van der Waals surface area contributed by atoms with Crippen molar-refractivity contribution in [2.75, 3.05) is 6.61 Å². The number of carbonyl (C=O) groups is 2. The molecule has 0 spiro atoms. The number of benzene rings is 2. The molecular weight excluding hydrogens is 384 g/mol. The Balaban J connectivity index is 1.76. The monoisotopic (exact) mass is 412 g/mol. The van der Waals surface area contributed by atoms with E-state index in [4.69, 9.17) is 18.9 Å². The number of rotatable bonds is 7. The third-order valence-corrected chi connectivity index (χ3v) is 4.73. The van der Waals surface area contributed by atoms with Gasteiger partial charge in [-0.1, -0.05) is 60.7 Å². The van der Waals surface area contributed by atoms with Crippen LogP contribution in [0.15, 0.2) is 60.7 Å². The molecule has 3 atom stereocenters. The highest BCUT2D eigenvalue weighted by Crippen LogP contribution is 2.25. The summed E-state index contributed by atoms with van der Waals surface area (Å²) in [5.41, 5.74) is 1.17. The van der Waals surface area contributed by atoms with Gasteiger partial charge in [0, 0.05) is 0 Å². The smallest absolute Gasteiger partial charge is 0.350 e. The van der Waals surface area contributed by atoms with Crippen LogP contribution in [0.25, 0.3) is 0 Å². The maximum Gasteiger partial charge on any atom is 0.350 e. The van der Waals surface area contributed by atoms with E-state index in [2.05, 4.69) is 0 Å². The molecule has 0 aliphatic carbocycles. The Morgan fingerprint density at radius 1 is 0.933 bits per heavy atom. The highest BCUT2D eigenvalue weighted by Gasteiger charge is 2.46. The molecule has 1 saturated heterocycles. The molecule has 1 aliphatic rings. The van der Waals surface area contributed by atoms with Gasteiger partial charge in [-0.3, -0.25) is 4.79 Å². The van der Waals surface area contributed by atoms with Gasteiger partial charge in [0.1, 0.15) is 18.8 Å². The molecule has 0 amide bonds. The lowest BCUT2D eigenvalue weighted by atomic mass is 9.97.